The van der Waals surface area contributed by atoms with Gasteiger partial charge in [0.15, 0.2) is 0 Å². The Labute approximate surface area is 169 Å². The van der Waals surface area contributed by atoms with Crippen LogP contribution in [0.15, 0.2) is 48.5 Å². The Balaban J connectivity index is 1.66. The second kappa shape index (κ2) is 8.20. The lowest BCUT2D eigenvalue weighted by molar-refractivity contribution is -0.114. The Morgan fingerprint density at radius 3 is 2.61 bits per heavy atom. The van der Waals surface area contributed by atoms with Crippen LogP contribution in [-0.4, -0.2) is 47.6 Å². The van der Waals surface area contributed by atoms with E-state index in [2.05, 4.69) is 46.4 Å². The van der Waals surface area contributed by atoms with Gasteiger partial charge in [-0.1, -0.05) is 24.3 Å². The number of halogens is 1. The van der Waals surface area contributed by atoms with E-state index < -0.39 is 0 Å². The zero-order valence-electron chi connectivity index (χ0n) is 15.8. The number of anilines is 2. The molecule has 1 unspecified atom stereocenters. The Hall–Kier alpha value is -2.57. The van der Waals surface area contributed by atoms with E-state index in [1.165, 1.54) is 5.69 Å². The minimum Gasteiger partial charge on any atom is -0.378 e. The molecule has 4 rings (SSSR count). The number of para-hydroxylation sites is 2. The lowest BCUT2D eigenvalue weighted by atomic mass is 10.1. The smallest absolute Gasteiger partial charge is 0.241 e. The van der Waals surface area contributed by atoms with E-state index >= 15 is 0 Å². The van der Waals surface area contributed by atoms with Crippen molar-refractivity contribution < 1.29 is 9.53 Å². The molecule has 1 aliphatic rings. The second-order valence-corrected chi connectivity index (χ2v) is 7.11. The zero-order chi connectivity index (χ0) is 19.5. The van der Waals surface area contributed by atoms with Crippen LogP contribution in [0, 0.1) is 0 Å². The Morgan fingerprint density at radius 2 is 1.89 bits per heavy atom. The number of nitrogens with one attached hydrogen (secondary N) is 1. The normalized spacial score (nSPS) is 15.6. The molecule has 7 heteroatoms. The van der Waals surface area contributed by atoms with Gasteiger partial charge in [-0.25, -0.2) is 4.98 Å². The molecule has 3 aromatic rings. The summed E-state index contributed by atoms with van der Waals surface area (Å²) in [7, 11) is 0. The van der Waals surface area contributed by atoms with Crippen molar-refractivity contribution in [2.75, 3.05) is 42.4 Å². The lowest BCUT2D eigenvalue weighted by Gasteiger charge is -2.29. The number of rotatable bonds is 5. The molecule has 6 nitrogen and oxygen atoms in total. The van der Waals surface area contributed by atoms with Crippen molar-refractivity contribution >= 4 is 40.2 Å². The van der Waals surface area contributed by atoms with Crippen LogP contribution in [0.3, 0.4) is 0 Å². The highest BCUT2D eigenvalue weighted by Crippen LogP contribution is 2.30. The number of carbonyl (C=O) groups is 1. The number of imidazole rings is 1. The molecule has 0 spiro atoms. The van der Waals surface area contributed by atoms with Crippen LogP contribution in [0.25, 0.3) is 11.0 Å². The van der Waals surface area contributed by atoms with Crippen LogP contribution < -0.4 is 10.2 Å². The van der Waals surface area contributed by atoms with Gasteiger partial charge in [0, 0.05) is 18.8 Å². The molecule has 1 amide bonds. The van der Waals surface area contributed by atoms with Crippen LogP contribution >= 0.6 is 11.6 Å². The highest BCUT2D eigenvalue weighted by Gasteiger charge is 2.19. The summed E-state index contributed by atoms with van der Waals surface area (Å²) < 4.78 is 7.48. The van der Waals surface area contributed by atoms with Gasteiger partial charge in [-0.15, -0.1) is 11.6 Å². The highest BCUT2D eigenvalue weighted by atomic mass is 35.5. The maximum Gasteiger partial charge on any atom is 0.241 e. The van der Waals surface area contributed by atoms with Gasteiger partial charge in [0.05, 0.1) is 30.3 Å². The summed E-state index contributed by atoms with van der Waals surface area (Å²) in [5.74, 6) is 0.135. The summed E-state index contributed by atoms with van der Waals surface area (Å²) in [4.78, 5) is 18.8. The van der Waals surface area contributed by atoms with Gasteiger partial charge in [0.25, 0.3) is 0 Å². The summed E-state index contributed by atoms with van der Waals surface area (Å²) >= 11 is 5.68. The summed E-state index contributed by atoms with van der Waals surface area (Å²) in [6.07, 6.45) is 0. The van der Waals surface area contributed by atoms with E-state index in [0.29, 0.717) is 5.95 Å². The fourth-order valence-corrected chi connectivity index (χ4v) is 3.68. The Morgan fingerprint density at radius 1 is 1.18 bits per heavy atom. The Kier molecular flexibility index (Phi) is 5.50. The molecular weight excluding hydrogens is 376 g/mol. The number of benzene rings is 2. The molecule has 2 heterocycles. The number of hydrogen-bond donors (Lipinski definition) is 1. The number of morpholine rings is 1. The largest absolute Gasteiger partial charge is 0.378 e. The first-order valence-corrected chi connectivity index (χ1v) is 9.96. The molecular formula is C21H23ClN4O2. The van der Waals surface area contributed by atoms with E-state index in [4.69, 9.17) is 16.3 Å². The SMILES string of the molecule is CC(c1ccc(N2CCOCC2)cc1)n1c(NC(=O)CCl)nc2ccccc21. The molecule has 2 aromatic carbocycles. The molecule has 0 bridgehead atoms. The van der Waals surface area contributed by atoms with Crippen LogP contribution in [0.4, 0.5) is 11.6 Å². The van der Waals surface area contributed by atoms with Gasteiger partial charge >= 0.3 is 0 Å². The number of alkyl halides is 1. The summed E-state index contributed by atoms with van der Waals surface area (Å²) in [6, 6.07) is 16.4. The maximum atomic E-state index is 11.9. The van der Waals surface area contributed by atoms with Crippen molar-refractivity contribution in [3.05, 3.63) is 54.1 Å². The summed E-state index contributed by atoms with van der Waals surface area (Å²) in [6.45, 7) is 5.46. The van der Waals surface area contributed by atoms with Gasteiger partial charge in [0.2, 0.25) is 11.9 Å². The first-order valence-electron chi connectivity index (χ1n) is 9.43. The van der Waals surface area contributed by atoms with Gasteiger partial charge in [-0.3, -0.25) is 10.1 Å². The van der Waals surface area contributed by atoms with Crippen molar-refractivity contribution in [2.45, 2.75) is 13.0 Å². The molecule has 1 aromatic heterocycles. The molecule has 1 saturated heterocycles. The molecule has 1 N–H and O–H groups in total. The fraction of sp³-hybridized carbons (Fsp3) is 0.333. The molecule has 28 heavy (non-hydrogen) atoms. The topological polar surface area (TPSA) is 59.4 Å². The summed E-state index contributed by atoms with van der Waals surface area (Å²) in [5.41, 5.74) is 4.15. The van der Waals surface area contributed by atoms with E-state index in [9.17, 15) is 4.79 Å². The lowest BCUT2D eigenvalue weighted by Crippen LogP contribution is -2.36. The van der Waals surface area contributed by atoms with Crippen molar-refractivity contribution in [1.82, 2.24) is 9.55 Å². The highest BCUT2D eigenvalue weighted by molar-refractivity contribution is 6.29. The van der Waals surface area contributed by atoms with Gasteiger partial charge in [0.1, 0.15) is 5.88 Å². The molecule has 146 valence electrons. The van der Waals surface area contributed by atoms with Crippen LogP contribution in [0.1, 0.15) is 18.5 Å². The minimum atomic E-state index is -0.270. The molecule has 0 aliphatic carbocycles. The molecule has 1 fully saturated rings. The van der Waals surface area contributed by atoms with Crippen molar-refractivity contribution in [3.63, 3.8) is 0 Å². The monoisotopic (exact) mass is 398 g/mol. The number of aromatic nitrogens is 2. The summed E-state index contributed by atoms with van der Waals surface area (Å²) in [5, 5.41) is 2.82. The van der Waals surface area contributed by atoms with Crippen molar-refractivity contribution in [3.8, 4) is 0 Å². The van der Waals surface area contributed by atoms with Crippen molar-refractivity contribution in [2.24, 2.45) is 0 Å². The van der Waals surface area contributed by atoms with Crippen LogP contribution in [-0.2, 0) is 9.53 Å². The zero-order valence-corrected chi connectivity index (χ0v) is 16.5. The average molecular weight is 399 g/mol. The molecule has 1 atom stereocenters. The number of amides is 1. The Bertz CT molecular complexity index is 964. The first kappa shape index (κ1) is 18.8. The molecule has 0 radical (unpaired) electrons. The van der Waals surface area contributed by atoms with E-state index in [0.717, 1.165) is 42.9 Å². The average Bonchev–Trinajstić information content (AvgIpc) is 3.11. The minimum absolute atomic E-state index is 0.00300. The number of nitrogens with zero attached hydrogens (tertiary/aromatic N) is 3. The number of ether oxygens (including phenoxy) is 1. The first-order chi connectivity index (χ1) is 13.7. The van der Waals surface area contributed by atoms with Crippen LogP contribution in [0.5, 0.6) is 0 Å². The number of fused-ring (bicyclic) bond motifs is 1. The molecule has 0 saturated carbocycles. The second-order valence-electron chi connectivity index (χ2n) is 6.84. The van der Waals surface area contributed by atoms with E-state index in [1.54, 1.807) is 0 Å². The number of hydrogen-bond acceptors (Lipinski definition) is 4. The molecule has 1 aliphatic heterocycles. The quantitative estimate of drug-likeness (QED) is 0.666. The van der Waals surface area contributed by atoms with E-state index in [1.807, 2.05) is 28.8 Å². The predicted octanol–water partition coefficient (Wildman–Crippen LogP) is 3.66. The third kappa shape index (κ3) is 3.70. The third-order valence-electron chi connectivity index (χ3n) is 5.11. The maximum absolute atomic E-state index is 11.9. The van der Waals surface area contributed by atoms with E-state index in [-0.39, 0.29) is 17.8 Å². The standard InChI is InChI=1S/C21H23ClN4O2/c1-15(16-6-8-17(9-7-16)25-10-12-28-13-11-25)26-19-5-3-2-4-18(19)23-21(26)24-20(27)14-22/h2-9,15H,10-14H2,1H3,(H,23,24,27). The van der Waals surface area contributed by atoms with Crippen molar-refractivity contribution in [1.29, 1.82) is 0 Å². The van der Waals surface area contributed by atoms with Gasteiger partial charge < -0.3 is 14.2 Å². The fourth-order valence-electron chi connectivity index (χ4n) is 3.62. The van der Waals surface area contributed by atoms with Crippen LogP contribution in [0.2, 0.25) is 0 Å². The third-order valence-corrected chi connectivity index (χ3v) is 5.35. The predicted molar refractivity (Wildman–Crippen MR) is 112 cm³/mol. The number of carbonyl (C=O) groups excluding carboxylic acids is 1. The van der Waals surface area contributed by atoms with Gasteiger partial charge in [-0.2, -0.15) is 0 Å². The van der Waals surface area contributed by atoms with Gasteiger partial charge in [-0.05, 0) is 36.8 Å².